The van der Waals surface area contributed by atoms with Crippen molar-refractivity contribution in [3.8, 4) is 0 Å². The Morgan fingerprint density at radius 3 is 2.35 bits per heavy atom. The SMILES string of the molecule is CC(C)CC(CN(C)C)Nc1ncc(Br)cn1. The highest BCUT2D eigenvalue weighted by Crippen LogP contribution is 2.12. The summed E-state index contributed by atoms with van der Waals surface area (Å²) in [5.41, 5.74) is 0. The van der Waals surface area contributed by atoms with Gasteiger partial charge in [0.2, 0.25) is 5.95 Å². The molecule has 0 aliphatic carbocycles. The predicted octanol–water partition coefficient (Wildman–Crippen LogP) is 2.63. The Morgan fingerprint density at radius 2 is 1.88 bits per heavy atom. The van der Waals surface area contributed by atoms with Crippen LogP contribution in [0, 0.1) is 5.92 Å². The van der Waals surface area contributed by atoms with E-state index in [1.54, 1.807) is 12.4 Å². The lowest BCUT2D eigenvalue weighted by Crippen LogP contribution is -2.34. The molecule has 17 heavy (non-hydrogen) atoms. The van der Waals surface area contributed by atoms with Crippen molar-refractivity contribution in [1.29, 1.82) is 0 Å². The summed E-state index contributed by atoms with van der Waals surface area (Å²) >= 11 is 3.33. The van der Waals surface area contributed by atoms with E-state index in [1.165, 1.54) is 0 Å². The molecule has 1 atom stereocenters. The molecule has 1 unspecified atom stereocenters. The molecule has 0 radical (unpaired) electrons. The molecule has 4 nitrogen and oxygen atoms in total. The van der Waals surface area contributed by atoms with E-state index in [9.17, 15) is 0 Å². The molecule has 1 heterocycles. The lowest BCUT2D eigenvalue weighted by atomic mass is 10.0. The first-order valence-corrected chi connectivity index (χ1v) is 6.65. The summed E-state index contributed by atoms with van der Waals surface area (Å²) in [4.78, 5) is 10.7. The molecule has 0 aliphatic rings. The van der Waals surface area contributed by atoms with Gasteiger partial charge in [-0.15, -0.1) is 0 Å². The Labute approximate surface area is 112 Å². The summed E-state index contributed by atoms with van der Waals surface area (Å²) in [5.74, 6) is 1.35. The van der Waals surface area contributed by atoms with Gasteiger partial charge in [0.25, 0.3) is 0 Å². The molecule has 0 fully saturated rings. The van der Waals surface area contributed by atoms with Crippen molar-refractivity contribution >= 4 is 21.9 Å². The van der Waals surface area contributed by atoms with Gasteiger partial charge in [0.05, 0.1) is 4.47 Å². The molecular formula is C12H21BrN4. The third-order valence-corrected chi connectivity index (χ3v) is 2.70. The quantitative estimate of drug-likeness (QED) is 0.877. The van der Waals surface area contributed by atoms with Crippen LogP contribution in [-0.4, -0.2) is 41.5 Å². The first kappa shape index (κ1) is 14.4. The highest BCUT2D eigenvalue weighted by Gasteiger charge is 2.12. The van der Waals surface area contributed by atoms with Crippen LogP contribution in [-0.2, 0) is 0 Å². The van der Waals surface area contributed by atoms with E-state index in [0.717, 1.165) is 17.4 Å². The van der Waals surface area contributed by atoms with E-state index in [4.69, 9.17) is 0 Å². The van der Waals surface area contributed by atoms with Crippen LogP contribution in [0.5, 0.6) is 0 Å². The first-order chi connectivity index (χ1) is 7.97. The molecule has 96 valence electrons. The van der Waals surface area contributed by atoms with Gasteiger partial charge < -0.3 is 10.2 Å². The minimum atomic E-state index is 0.381. The molecule has 0 aliphatic heterocycles. The van der Waals surface area contributed by atoms with Crippen molar-refractivity contribution in [2.24, 2.45) is 5.92 Å². The Kier molecular flexibility index (Phi) is 5.85. The maximum atomic E-state index is 4.25. The summed E-state index contributed by atoms with van der Waals surface area (Å²) in [7, 11) is 4.16. The lowest BCUT2D eigenvalue weighted by Gasteiger charge is -2.23. The number of hydrogen-bond acceptors (Lipinski definition) is 4. The van der Waals surface area contributed by atoms with Crippen LogP contribution in [0.15, 0.2) is 16.9 Å². The van der Waals surface area contributed by atoms with Crippen molar-refractivity contribution in [3.05, 3.63) is 16.9 Å². The van der Waals surface area contributed by atoms with Gasteiger partial charge in [0.15, 0.2) is 0 Å². The molecule has 0 bridgehead atoms. The summed E-state index contributed by atoms with van der Waals surface area (Å²) in [5, 5.41) is 3.38. The van der Waals surface area contributed by atoms with Crippen LogP contribution in [0.4, 0.5) is 5.95 Å². The van der Waals surface area contributed by atoms with Crippen LogP contribution in [0.25, 0.3) is 0 Å². The van der Waals surface area contributed by atoms with Crippen LogP contribution < -0.4 is 5.32 Å². The van der Waals surface area contributed by atoms with Gasteiger partial charge in [-0.3, -0.25) is 0 Å². The number of nitrogens with one attached hydrogen (secondary N) is 1. The summed E-state index contributed by atoms with van der Waals surface area (Å²) in [6, 6.07) is 0.381. The molecule has 0 saturated heterocycles. The fraction of sp³-hybridized carbons (Fsp3) is 0.667. The van der Waals surface area contributed by atoms with E-state index in [0.29, 0.717) is 17.9 Å². The molecule has 0 saturated carbocycles. The fourth-order valence-electron chi connectivity index (χ4n) is 1.76. The largest absolute Gasteiger partial charge is 0.350 e. The second kappa shape index (κ2) is 6.91. The average molecular weight is 301 g/mol. The maximum absolute atomic E-state index is 4.25. The highest BCUT2D eigenvalue weighted by atomic mass is 79.9. The van der Waals surface area contributed by atoms with Gasteiger partial charge in [-0.2, -0.15) is 0 Å². The zero-order chi connectivity index (χ0) is 12.8. The number of likely N-dealkylation sites (N-methyl/N-ethyl adjacent to an activating group) is 1. The minimum absolute atomic E-state index is 0.381. The zero-order valence-electron chi connectivity index (χ0n) is 10.9. The molecule has 1 rings (SSSR count). The fourth-order valence-corrected chi connectivity index (χ4v) is 1.96. The van der Waals surface area contributed by atoms with E-state index < -0.39 is 0 Å². The van der Waals surface area contributed by atoms with E-state index in [1.807, 2.05) is 0 Å². The van der Waals surface area contributed by atoms with Crippen molar-refractivity contribution in [3.63, 3.8) is 0 Å². The monoisotopic (exact) mass is 300 g/mol. The highest BCUT2D eigenvalue weighted by molar-refractivity contribution is 9.10. The molecule has 0 spiro atoms. The molecule has 1 aromatic heterocycles. The van der Waals surface area contributed by atoms with Gasteiger partial charge in [-0.05, 0) is 42.4 Å². The standard InChI is InChI=1S/C12H21BrN4/c1-9(2)5-11(8-17(3)4)16-12-14-6-10(13)7-15-12/h6-7,9,11H,5,8H2,1-4H3,(H,14,15,16). The number of hydrogen-bond donors (Lipinski definition) is 1. The first-order valence-electron chi connectivity index (χ1n) is 5.86. The Balaban J connectivity index is 2.61. The van der Waals surface area contributed by atoms with Crippen molar-refractivity contribution in [2.45, 2.75) is 26.3 Å². The molecule has 5 heteroatoms. The summed E-state index contributed by atoms with van der Waals surface area (Å²) in [6.45, 7) is 5.44. The number of rotatable bonds is 6. The molecular weight excluding hydrogens is 280 g/mol. The van der Waals surface area contributed by atoms with Gasteiger partial charge in [-0.1, -0.05) is 13.8 Å². The molecule has 0 aromatic carbocycles. The van der Waals surface area contributed by atoms with Gasteiger partial charge in [-0.25, -0.2) is 9.97 Å². The average Bonchev–Trinajstić information content (AvgIpc) is 2.19. The van der Waals surface area contributed by atoms with Crippen LogP contribution in [0.3, 0.4) is 0 Å². The van der Waals surface area contributed by atoms with E-state index >= 15 is 0 Å². The van der Waals surface area contributed by atoms with Crippen molar-refractivity contribution in [1.82, 2.24) is 14.9 Å². The number of nitrogens with zero attached hydrogens (tertiary/aromatic N) is 3. The van der Waals surface area contributed by atoms with Crippen LogP contribution in [0.1, 0.15) is 20.3 Å². The Morgan fingerprint density at radius 1 is 1.29 bits per heavy atom. The topological polar surface area (TPSA) is 41.0 Å². The van der Waals surface area contributed by atoms with Crippen molar-refractivity contribution < 1.29 is 0 Å². The van der Waals surface area contributed by atoms with Crippen molar-refractivity contribution in [2.75, 3.05) is 26.0 Å². The van der Waals surface area contributed by atoms with Gasteiger partial charge in [0, 0.05) is 25.0 Å². The molecule has 1 aromatic rings. The smallest absolute Gasteiger partial charge is 0.222 e. The second-order valence-electron chi connectivity index (χ2n) is 4.96. The predicted molar refractivity (Wildman–Crippen MR) is 75.2 cm³/mol. The summed E-state index contributed by atoms with van der Waals surface area (Å²) < 4.78 is 0.899. The molecule has 1 N–H and O–H groups in total. The van der Waals surface area contributed by atoms with E-state index in [-0.39, 0.29) is 0 Å². The molecule has 0 amide bonds. The third-order valence-electron chi connectivity index (χ3n) is 2.30. The maximum Gasteiger partial charge on any atom is 0.222 e. The lowest BCUT2D eigenvalue weighted by molar-refractivity contribution is 0.355. The number of halogens is 1. The van der Waals surface area contributed by atoms with Crippen LogP contribution in [0.2, 0.25) is 0 Å². The van der Waals surface area contributed by atoms with Gasteiger partial charge in [0.1, 0.15) is 0 Å². The number of aromatic nitrogens is 2. The third kappa shape index (κ3) is 5.98. The Bertz CT molecular complexity index is 314. The van der Waals surface area contributed by atoms with Crippen LogP contribution >= 0.6 is 15.9 Å². The second-order valence-corrected chi connectivity index (χ2v) is 5.87. The summed E-state index contributed by atoms with van der Waals surface area (Å²) in [6.07, 6.45) is 4.63. The normalized spacial score (nSPS) is 13.1. The van der Waals surface area contributed by atoms with E-state index in [2.05, 4.69) is 64.1 Å². The minimum Gasteiger partial charge on any atom is -0.350 e. The Hall–Kier alpha value is -0.680. The van der Waals surface area contributed by atoms with Gasteiger partial charge >= 0.3 is 0 Å². The zero-order valence-corrected chi connectivity index (χ0v) is 12.5. The number of anilines is 1.